The van der Waals surface area contributed by atoms with Crippen molar-refractivity contribution in [2.75, 3.05) is 5.32 Å². The monoisotopic (exact) mass is 248 g/mol. The van der Waals surface area contributed by atoms with Crippen LogP contribution in [0.2, 0.25) is 0 Å². The second-order valence-electron chi connectivity index (χ2n) is 3.53. The number of nitrogens with two attached hydrogens (primary N) is 1. The molecule has 6 heteroatoms. The molecule has 0 bridgehead atoms. The molecule has 0 aliphatic heterocycles. The Morgan fingerprint density at radius 1 is 1.35 bits per heavy atom. The minimum atomic E-state index is -0.190. The first kappa shape index (κ1) is 11.7. The van der Waals surface area contributed by atoms with Gasteiger partial charge in [-0.05, 0) is 19.1 Å². The molecule has 0 radical (unpaired) electrons. The number of nitrogens with one attached hydrogen (secondary N) is 1. The number of nitrogens with zero attached hydrogens (tertiary/aromatic N) is 2. The van der Waals surface area contributed by atoms with Crippen LogP contribution in [0.15, 0.2) is 24.3 Å². The van der Waals surface area contributed by atoms with Crippen LogP contribution in [-0.2, 0) is 6.54 Å². The first-order chi connectivity index (χ1) is 8.19. The van der Waals surface area contributed by atoms with E-state index < -0.39 is 0 Å². The fraction of sp³-hybridized carbons (Fsp3) is 0.182. The Hall–Kier alpha value is -1.79. The Labute approximate surface area is 103 Å². The van der Waals surface area contributed by atoms with Crippen molar-refractivity contribution < 1.29 is 4.79 Å². The minimum Gasteiger partial charge on any atom is -0.324 e. The number of rotatable bonds is 3. The molecule has 0 unspecified atom stereocenters. The Morgan fingerprint density at radius 3 is 2.65 bits per heavy atom. The summed E-state index contributed by atoms with van der Waals surface area (Å²) in [7, 11) is 0. The van der Waals surface area contributed by atoms with Crippen molar-refractivity contribution in [3.63, 3.8) is 0 Å². The van der Waals surface area contributed by atoms with E-state index in [-0.39, 0.29) is 5.91 Å². The molecule has 0 atom stereocenters. The van der Waals surface area contributed by atoms with Crippen molar-refractivity contribution in [1.82, 2.24) is 10.2 Å². The van der Waals surface area contributed by atoms with E-state index in [1.807, 2.05) is 19.1 Å². The maximum absolute atomic E-state index is 11.8. The number of amides is 1. The van der Waals surface area contributed by atoms with Gasteiger partial charge in [-0.15, -0.1) is 10.2 Å². The molecule has 17 heavy (non-hydrogen) atoms. The third-order valence-corrected chi connectivity index (χ3v) is 3.04. The molecule has 1 amide bonds. The summed E-state index contributed by atoms with van der Waals surface area (Å²) in [4.78, 5) is 11.8. The van der Waals surface area contributed by atoms with Gasteiger partial charge in [-0.2, -0.15) is 0 Å². The molecule has 88 valence electrons. The van der Waals surface area contributed by atoms with E-state index in [9.17, 15) is 4.79 Å². The fourth-order valence-electron chi connectivity index (χ4n) is 1.26. The van der Waals surface area contributed by atoms with Gasteiger partial charge in [-0.3, -0.25) is 10.1 Å². The molecule has 1 aromatic heterocycles. The van der Waals surface area contributed by atoms with Crippen molar-refractivity contribution in [3.05, 3.63) is 40.4 Å². The zero-order chi connectivity index (χ0) is 12.3. The Bertz CT molecular complexity index is 521. The summed E-state index contributed by atoms with van der Waals surface area (Å²) < 4.78 is 0. The van der Waals surface area contributed by atoms with E-state index >= 15 is 0 Å². The maximum Gasteiger partial charge on any atom is 0.257 e. The molecule has 3 N–H and O–H groups in total. The van der Waals surface area contributed by atoms with E-state index in [2.05, 4.69) is 15.5 Å². The molecule has 2 aromatic rings. The molecule has 0 spiro atoms. The lowest BCUT2D eigenvalue weighted by molar-refractivity contribution is 0.102. The van der Waals surface area contributed by atoms with Crippen molar-refractivity contribution in [1.29, 1.82) is 0 Å². The number of aromatic nitrogens is 2. The molecule has 1 aromatic carbocycles. The molecule has 0 saturated heterocycles. The predicted molar refractivity (Wildman–Crippen MR) is 66.9 cm³/mol. The summed E-state index contributed by atoms with van der Waals surface area (Å²) in [6.45, 7) is 2.30. The molecule has 0 aliphatic rings. The molecule has 2 rings (SSSR count). The minimum absolute atomic E-state index is 0.190. The summed E-state index contributed by atoms with van der Waals surface area (Å²) in [6.07, 6.45) is 0. The molecule has 0 saturated carbocycles. The lowest BCUT2D eigenvalue weighted by atomic mass is 10.1. The second kappa shape index (κ2) is 5.03. The van der Waals surface area contributed by atoms with E-state index in [4.69, 9.17) is 5.73 Å². The highest BCUT2D eigenvalue weighted by atomic mass is 32.1. The average Bonchev–Trinajstić information content (AvgIpc) is 2.77. The van der Waals surface area contributed by atoms with Gasteiger partial charge in [-0.25, -0.2) is 0 Å². The smallest absolute Gasteiger partial charge is 0.257 e. The fourth-order valence-corrected chi connectivity index (χ4v) is 1.87. The highest BCUT2D eigenvalue weighted by Crippen LogP contribution is 2.15. The van der Waals surface area contributed by atoms with Gasteiger partial charge >= 0.3 is 0 Å². The number of hydrogen-bond acceptors (Lipinski definition) is 5. The molecule has 0 aliphatic carbocycles. The lowest BCUT2D eigenvalue weighted by Crippen LogP contribution is -2.11. The lowest BCUT2D eigenvalue weighted by Gasteiger charge is -2.01. The van der Waals surface area contributed by atoms with E-state index in [1.54, 1.807) is 12.1 Å². The third-order valence-electron chi connectivity index (χ3n) is 2.18. The number of anilines is 1. The number of hydrogen-bond donors (Lipinski definition) is 2. The summed E-state index contributed by atoms with van der Waals surface area (Å²) in [5, 5.41) is 11.5. The molecule has 0 fully saturated rings. The van der Waals surface area contributed by atoms with Crippen molar-refractivity contribution >= 4 is 22.4 Å². The van der Waals surface area contributed by atoms with Crippen LogP contribution in [0.3, 0.4) is 0 Å². The average molecular weight is 248 g/mol. The summed E-state index contributed by atoms with van der Waals surface area (Å²) >= 11 is 1.28. The van der Waals surface area contributed by atoms with Gasteiger partial charge in [0, 0.05) is 12.1 Å². The van der Waals surface area contributed by atoms with E-state index in [0.717, 1.165) is 5.56 Å². The van der Waals surface area contributed by atoms with Crippen LogP contribution in [-0.4, -0.2) is 16.1 Å². The standard InChI is InChI=1S/C11H12N4OS/c1-7-2-4-8(5-3-7)10(16)13-11-15-14-9(6-12)17-11/h2-5H,6,12H2,1H3,(H,13,15,16). The highest BCUT2D eigenvalue weighted by Gasteiger charge is 2.09. The maximum atomic E-state index is 11.8. The normalized spacial score (nSPS) is 10.2. The van der Waals surface area contributed by atoms with Crippen LogP contribution in [0.1, 0.15) is 20.9 Å². The van der Waals surface area contributed by atoms with Crippen LogP contribution >= 0.6 is 11.3 Å². The molecular weight excluding hydrogens is 236 g/mol. The molecule has 5 nitrogen and oxygen atoms in total. The Kier molecular flexibility index (Phi) is 3.46. The summed E-state index contributed by atoms with van der Waals surface area (Å²) in [5.41, 5.74) is 7.13. The van der Waals surface area contributed by atoms with Gasteiger partial charge < -0.3 is 5.73 Å². The predicted octanol–water partition coefficient (Wildman–Crippen LogP) is 1.56. The van der Waals surface area contributed by atoms with Crippen LogP contribution in [0.4, 0.5) is 5.13 Å². The zero-order valence-corrected chi connectivity index (χ0v) is 10.1. The van der Waals surface area contributed by atoms with Gasteiger partial charge in [0.1, 0.15) is 5.01 Å². The van der Waals surface area contributed by atoms with Gasteiger partial charge in [0.05, 0.1) is 0 Å². The summed E-state index contributed by atoms with van der Waals surface area (Å²) in [6, 6.07) is 7.33. The van der Waals surface area contributed by atoms with Crippen molar-refractivity contribution in [3.8, 4) is 0 Å². The van der Waals surface area contributed by atoms with Crippen LogP contribution in [0.25, 0.3) is 0 Å². The topological polar surface area (TPSA) is 80.9 Å². The van der Waals surface area contributed by atoms with Crippen LogP contribution < -0.4 is 11.1 Å². The van der Waals surface area contributed by atoms with Crippen molar-refractivity contribution in [2.24, 2.45) is 5.73 Å². The Morgan fingerprint density at radius 2 is 2.06 bits per heavy atom. The zero-order valence-electron chi connectivity index (χ0n) is 9.30. The number of aryl methyl sites for hydroxylation is 1. The summed E-state index contributed by atoms with van der Waals surface area (Å²) in [5.74, 6) is -0.190. The third kappa shape index (κ3) is 2.86. The van der Waals surface area contributed by atoms with Crippen LogP contribution in [0.5, 0.6) is 0 Å². The first-order valence-corrected chi connectivity index (χ1v) is 5.91. The molecular formula is C11H12N4OS. The van der Waals surface area contributed by atoms with Crippen LogP contribution in [0, 0.1) is 6.92 Å². The number of carbonyl (C=O) groups is 1. The largest absolute Gasteiger partial charge is 0.324 e. The Balaban J connectivity index is 2.08. The number of carbonyl (C=O) groups excluding carboxylic acids is 1. The SMILES string of the molecule is Cc1ccc(C(=O)Nc2nnc(CN)s2)cc1. The van der Waals surface area contributed by atoms with Gasteiger partial charge in [-0.1, -0.05) is 29.0 Å². The second-order valence-corrected chi connectivity index (χ2v) is 4.59. The highest BCUT2D eigenvalue weighted by molar-refractivity contribution is 7.15. The van der Waals surface area contributed by atoms with Crippen molar-refractivity contribution in [2.45, 2.75) is 13.5 Å². The first-order valence-electron chi connectivity index (χ1n) is 5.09. The van der Waals surface area contributed by atoms with E-state index in [1.165, 1.54) is 11.3 Å². The number of benzene rings is 1. The van der Waals surface area contributed by atoms with Gasteiger partial charge in [0.15, 0.2) is 0 Å². The quantitative estimate of drug-likeness (QED) is 0.863. The molecule has 1 heterocycles. The van der Waals surface area contributed by atoms with Gasteiger partial charge in [0.2, 0.25) is 5.13 Å². The van der Waals surface area contributed by atoms with Gasteiger partial charge in [0.25, 0.3) is 5.91 Å². The van der Waals surface area contributed by atoms with E-state index in [0.29, 0.717) is 22.2 Å².